The van der Waals surface area contributed by atoms with Gasteiger partial charge in [-0.15, -0.1) is 0 Å². The maximum absolute atomic E-state index is 11.0. The van der Waals surface area contributed by atoms with Crippen molar-refractivity contribution in [2.75, 3.05) is 0 Å². The lowest BCUT2D eigenvalue weighted by Gasteiger charge is -2.03. The Morgan fingerprint density at radius 1 is 1.50 bits per heavy atom. The molecule has 0 aromatic carbocycles. The molecular weight excluding hydrogens is 126 g/mol. The summed E-state index contributed by atoms with van der Waals surface area (Å²) in [7, 11) is 0. The molecular formula is C8H13NO. The van der Waals surface area contributed by atoms with E-state index in [0.717, 1.165) is 0 Å². The van der Waals surface area contributed by atoms with Gasteiger partial charge in [0.2, 0.25) is 0 Å². The molecule has 1 unspecified atom stereocenters. The van der Waals surface area contributed by atoms with Gasteiger partial charge in [-0.2, -0.15) is 5.26 Å². The molecule has 2 heteroatoms. The van der Waals surface area contributed by atoms with Crippen molar-refractivity contribution in [2.45, 2.75) is 27.2 Å². The molecule has 0 aromatic rings. The molecule has 0 saturated carbocycles. The molecule has 0 saturated heterocycles. The fourth-order valence-corrected chi connectivity index (χ4v) is 0.651. The summed E-state index contributed by atoms with van der Waals surface area (Å²) in [5.74, 6) is -0.0109. The molecule has 0 fully saturated rings. The number of ketones is 1. The van der Waals surface area contributed by atoms with E-state index in [2.05, 4.69) is 0 Å². The van der Waals surface area contributed by atoms with E-state index in [4.69, 9.17) is 5.26 Å². The molecule has 0 aliphatic carbocycles. The highest BCUT2D eigenvalue weighted by atomic mass is 16.1. The Morgan fingerprint density at radius 2 is 2.00 bits per heavy atom. The van der Waals surface area contributed by atoms with Gasteiger partial charge in [0.25, 0.3) is 0 Å². The van der Waals surface area contributed by atoms with Crippen molar-refractivity contribution in [3.05, 3.63) is 0 Å². The highest BCUT2D eigenvalue weighted by Crippen LogP contribution is 2.06. The van der Waals surface area contributed by atoms with Crippen LogP contribution in [-0.2, 0) is 4.79 Å². The predicted octanol–water partition coefficient (Wildman–Crippen LogP) is 1.76. The van der Waals surface area contributed by atoms with E-state index in [-0.39, 0.29) is 5.78 Å². The fourth-order valence-electron chi connectivity index (χ4n) is 0.651. The number of carbonyl (C=O) groups excluding carboxylic acids is 1. The molecule has 0 radical (unpaired) electrons. The zero-order valence-corrected chi connectivity index (χ0v) is 6.72. The third-order valence-corrected chi connectivity index (χ3v) is 1.29. The van der Waals surface area contributed by atoms with Crippen LogP contribution >= 0.6 is 0 Å². The van der Waals surface area contributed by atoms with Gasteiger partial charge >= 0.3 is 0 Å². The lowest BCUT2D eigenvalue weighted by atomic mass is 9.99. The van der Waals surface area contributed by atoms with E-state index in [1.165, 1.54) is 0 Å². The summed E-state index contributed by atoms with van der Waals surface area (Å²) in [6.45, 7) is 5.59. The maximum atomic E-state index is 11.0. The molecule has 0 heterocycles. The highest BCUT2D eigenvalue weighted by molar-refractivity contribution is 5.82. The molecule has 0 N–H and O–H groups in total. The first-order valence-electron chi connectivity index (χ1n) is 3.50. The lowest BCUT2D eigenvalue weighted by Crippen LogP contribution is -2.10. The molecule has 0 bridgehead atoms. The first-order valence-corrected chi connectivity index (χ1v) is 3.50. The fraction of sp³-hybridized carbons (Fsp3) is 0.750. The zero-order valence-electron chi connectivity index (χ0n) is 6.72. The minimum atomic E-state index is -0.428. The average molecular weight is 139 g/mol. The molecule has 1 atom stereocenters. The van der Waals surface area contributed by atoms with Gasteiger partial charge in [-0.3, -0.25) is 4.79 Å². The normalized spacial score (nSPS) is 12.7. The first kappa shape index (κ1) is 9.16. The monoisotopic (exact) mass is 139 g/mol. The van der Waals surface area contributed by atoms with Gasteiger partial charge in [-0.1, -0.05) is 13.8 Å². The van der Waals surface area contributed by atoms with Crippen LogP contribution in [0.25, 0.3) is 0 Å². The van der Waals surface area contributed by atoms with Crippen molar-refractivity contribution in [3.63, 3.8) is 0 Å². The molecule has 0 rings (SSSR count). The summed E-state index contributed by atoms with van der Waals surface area (Å²) in [4.78, 5) is 11.0. The van der Waals surface area contributed by atoms with E-state index in [1.807, 2.05) is 19.9 Å². The van der Waals surface area contributed by atoms with E-state index >= 15 is 0 Å². The van der Waals surface area contributed by atoms with Crippen LogP contribution in [0.1, 0.15) is 27.2 Å². The first-order chi connectivity index (χ1) is 4.57. The number of carbonyl (C=O) groups is 1. The van der Waals surface area contributed by atoms with Crippen LogP contribution in [0.3, 0.4) is 0 Å². The van der Waals surface area contributed by atoms with Gasteiger partial charge in [0.1, 0.15) is 11.7 Å². The van der Waals surface area contributed by atoms with E-state index < -0.39 is 5.92 Å². The van der Waals surface area contributed by atoms with Gasteiger partial charge in [-0.05, 0) is 12.8 Å². The molecule has 10 heavy (non-hydrogen) atoms. The van der Waals surface area contributed by atoms with Crippen molar-refractivity contribution in [3.8, 4) is 6.07 Å². The SMILES string of the molecule is CC(C)CC(=O)C(C)C#N. The summed E-state index contributed by atoms with van der Waals surface area (Å²) < 4.78 is 0. The van der Waals surface area contributed by atoms with Gasteiger partial charge in [0.05, 0.1) is 6.07 Å². The van der Waals surface area contributed by atoms with Crippen molar-refractivity contribution in [1.29, 1.82) is 5.26 Å². The molecule has 0 aromatic heterocycles. The Hall–Kier alpha value is -0.840. The van der Waals surface area contributed by atoms with Gasteiger partial charge in [-0.25, -0.2) is 0 Å². The third kappa shape index (κ3) is 3.24. The van der Waals surface area contributed by atoms with E-state index in [0.29, 0.717) is 12.3 Å². The number of rotatable bonds is 3. The number of hydrogen-bond acceptors (Lipinski definition) is 2. The molecule has 0 amide bonds. The van der Waals surface area contributed by atoms with Gasteiger partial charge in [0, 0.05) is 6.42 Å². The maximum Gasteiger partial charge on any atom is 0.149 e. The van der Waals surface area contributed by atoms with Crippen LogP contribution in [0.2, 0.25) is 0 Å². The van der Waals surface area contributed by atoms with Crippen LogP contribution in [0.15, 0.2) is 0 Å². The Morgan fingerprint density at radius 3 is 2.30 bits per heavy atom. The smallest absolute Gasteiger partial charge is 0.149 e. The number of Topliss-reactive ketones (excluding diaryl/α,β-unsaturated/α-hetero) is 1. The summed E-state index contributed by atoms with van der Waals surface area (Å²) in [5, 5.41) is 8.35. The third-order valence-electron chi connectivity index (χ3n) is 1.29. The Balaban J connectivity index is 3.76. The van der Waals surface area contributed by atoms with Crippen LogP contribution in [0.5, 0.6) is 0 Å². The van der Waals surface area contributed by atoms with E-state index in [1.54, 1.807) is 6.92 Å². The van der Waals surface area contributed by atoms with Crippen molar-refractivity contribution < 1.29 is 4.79 Å². The van der Waals surface area contributed by atoms with Crippen molar-refractivity contribution in [1.82, 2.24) is 0 Å². The number of nitriles is 1. The average Bonchev–Trinajstić information content (AvgIpc) is 1.85. The summed E-state index contributed by atoms with van der Waals surface area (Å²) in [6, 6.07) is 1.92. The summed E-state index contributed by atoms with van der Waals surface area (Å²) >= 11 is 0. The minimum Gasteiger partial charge on any atom is -0.298 e. The molecule has 2 nitrogen and oxygen atoms in total. The lowest BCUT2D eigenvalue weighted by molar-refractivity contribution is -0.121. The standard InChI is InChI=1S/C8H13NO/c1-6(2)4-8(10)7(3)5-9/h6-7H,4H2,1-3H3. The summed E-state index contributed by atoms with van der Waals surface area (Å²) in [5.41, 5.74) is 0. The Labute approximate surface area is 61.8 Å². The van der Waals surface area contributed by atoms with E-state index in [9.17, 15) is 4.79 Å². The van der Waals surface area contributed by atoms with Crippen LogP contribution < -0.4 is 0 Å². The van der Waals surface area contributed by atoms with Crippen LogP contribution in [0, 0.1) is 23.2 Å². The van der Waals surface area contributed by atoms with Crippen LogP contribution in [-0.4, -0.2) is 5.78 Å². The molecule has 56 valence electrons. The van der Waals surface area contributed by atoms with Gasteiger partial charge in [0.15, 0.2) is 0 Å². The number of hydrogen-bond donors (Lipinski definition) is 0. The van der Waals surface area contributed by atoms with Gasteiger partial charge < -0.3 is 0 Å². The van der Waals surface area contributed by atoms with Crippen molar-refractivity contribution >= 4 is 5.78 Å². The molecule has 0 aliphatic rings. The minimum absolute atomic E-state index is 0.0532. The van der Waals surface area contributed by atoms with Crippen molar-refractivity contribution in [2.24, 2.45) is 11.8 Å². The Kier molecular flexibility index (Phi) is 3.71. The number of nitrogens with zero attached hydrogens (tertiary/aromatic N) is 1. The predicted molar refractivity (Wildman–Crippen MR) is 39.2 cm³/mol. The quantitative estimate of drug-likeness (QED) is 0.597. The largest absolute Gasteiger partial charge is 0.298 e. The molecule has 0 spiro atoms. The summed E-state index contributed by atoms with van der Waals surface area (Å²) in [6.07, 6.45) is 0.523. The topological polar surface area (TPSA) is 40.9 Å². The second kappa shape index (κ2) is 4.05. The van der Waals surface area contributed by atoms with Crippen LogP contribution in [0.4, 0.5) is 0 Å². The zero-order chi connectivity index (χ0) is 8.15. The molecule has 0 aliphatic heterocycles. The highest BCUT2D eigenvalue weighted by Gasteiger charge is 2.12. The Bertz CT molecular complexity index is 155. The second-order valence-corrected chi connectivity index (χ2v) is 2.92. The second-order valence-electron chi connectivity index (χ2n) is 2.92.